The Morgan fingerprint density at radius 1 is 1.26 bits per heavy atom. The number of pyridine rings is 1. The van der Waals surface area contributed by atoms with Gasteiger partial charge < -0.3 is 10.2 Å². The summed E-state index contributed by atoms with van der Waals surface area (Å²) in [6, 6.07) is 1.78. The zero-order valence-electron chi connectivity index (χ0n) is 13.4. The Bertz CT molecular complexity index is 545. The van der Waals surface area contributed by atoms with E-state index < -0.39 is 0 Å². The van der Waals surface area contributed by atoms with Crippen molar-refractivity contribution in [1.82, 2.24) is 20.1 Å². The van der Waals surface area contributed by atoms with Crippen molar-refractivity contribution in [3.63, 3.8) is 0 Å². The van der Waals surface area contributed by atoms with Crippen molar-refractivity contribution in [2.45, 2.75) is 19.8 Å². The number of aromatic nitrogens is 1. The van der Waals surface area contributed by atoms with Gasteiger partial charge in [-0.3, -0.25) is 19.5 Å². The number of carbonyl (C=O) groups excluding carboxylic acids is 2. The van der Waals surface area contributed by atoms with Crippen molar-refractivity contribution in [2.75, 3.05) is 39.3 Å². The SMILES string of the molecule is CCCCNC(=O)CN1CCN(C(=O)c2cncc(Br)c2)CC1. The topological polar surface area (TPSA) is 65.5 Å². The highest BCUT2D eigenvalue weighted by Gasteiger charge is 2.23. The first-order valence-electron chi connectivity index (χ1n) is 7.99. The number of unbranched alkanes of at least 4 members (excludes halogenated alkanes) is 1. The second-order valence-corrected chi connectivity index (χ2v) is 6.58. The molecule has 0 bridgehead atoms. The molecule has 7 heteroatoms. The maximum Gasteiger partial charge on any atom is 0.255 e. The fourth-order valence-electron chi connectivity index (χ4n) is 2.48. The molecule has 1 aliphatic rings. The van der Waals surface area contributed by atoms with Crippen molar-refractivity contribution in [2.24, 2.45) is 0 Å². The number of hydrogen-bond acceptors (Lipinski definition) is 4. The third-order valence-electron chi connectivity index (χ3n) is 3.83. The minimum atomic E-state index is -0.00847. The van der Waals surface area contributed by atoms with Crippen molar-refractivity contribution >= 4 is 27.7 Å². The molecule has 2 amide bonds. The number of amides is 2. The van der Waals surface area contributed by atoms with Gasteiger partial charge in [0.15, 0.2) is 0 Å². The van der Waals surface area contributed by atoms with E-state index in [0.717, 1.165) is 23.9 Å². The van der Waals surface area contributed by atoms with Crippen LogP contribution in [-0.4, -0.2) is 65.9 Å². The molecule has 0 aliphatic carbocycles. The number of hydrogen-bond donors (Lipinski definition) is 1. The van der Waals surface area contributed by atoms with E-state index >= 15 is 0 Å². The van der Waals surface area contributed by atoms with Crippen LogP contribution in [0, 0.1) is 0 Å². The smallest absolute Gasteiger partial charge is 0.255 e. The minimum Gasteiger partial charge on any atom is -0.355 e. The molecule has 2 heterocycles. The van der Waals surface area contributed by atoms with Crippen molar-refractivity contribution < 1.29 is 9.59 Å². The summed E-state index contributed by atoms with van der Waals surface area (Å²) in [7, 11) is 0. The highest BCUT2D eigenvalue weighted by Crippen LogP contribution is 2.13. The third-order valence-corrected chi connectivity index (χ3v) is 4.26. The summed E-state index contributed by atoms with van der Waals surface area (Å²) >= 11 is 3.33. The van der Waals surface area contributed by atoms with E-state index in [1.165, 1.54) is 0 Å². The summed E-state index contributed by atoms with van der Waals surface area (Å²) in [5, 5.41) is 2.92. The average Bonchev–Trinajstić information content (AvgIpc) is 2.55. The predicted molar refractivity (Wildman–Crippen MR) is 92.2 cm³/mol. The minimum absolute atomic E-state index is 0.00847. The van der Waals surface area contributed by atoms with Gasteiger partial charge in [-0.15, -0.1) is 0 Å². The first-order chi connectivity index (χ1) is 11.1. The molecule has 0 aromatic carbocycles. The van der Waals surface area contributed by atoms with Gasteiger partial charge in [-0.25, -0.2) is 0 Å². The second kappa shape index (κ2) is 8.98. The molecular formula is C16H23BrN4O2. The lowest BCUT2D eigenvalue weighted by Crippen LogP contribution is -2.51. The van der Waals surface area contributed by atoms with E-state index in [9.17, 15) is 9.59 Å². The van der Waals surface area contributed by atoms with Gasteiger partial charge >= 0.3 is 0 Å². The Morgan fingerprint density at radius 3 is 2.65 bits per heavy atom. The van der Waals surface area contributed by atoms with Gasteiger partial charge in [0.2, 0.25) is 5.91 Å². The van der Waals surface area contributed by atoms with E-state index in [1.807, 2.05) is 4.90 Å². The molecule has 1 fully saturated rings. The molecule has 0 saturated carbocycles. The van der Waals surface area contributed by atoms with Gasteiger partial charge in [-0.1, -0.05) is 13.3 Å². The molecule has 0 atom stereocenters. The third kappa shape index (κ3) is 5.58. The normalized spacial score (nSPS) is 15.5. The fraction of sp³-hybridized carbons (Fsp3) is 0.562. The number of piperazine rings is 1. The van der Waals surface area contributed by atoms with Crippen LogP contribution in [0.25, 0.3) is 0 Å². The van der Waals surface area contributed by atoms with Crippen molar-refractivity contribution in [1.29, 1.82) is 0 Å². The molecule has 126 valence electrons. The molecule has 2 rings (SSSR count). The lowest BCUT2D eigenvalue weighted by Gasteiger charge is -2.34. The summed E-state index contributed by atoms with van der Waals surface area (Å²) in [6.45, 7) is 5.95. The van der Waals surface area contributed by atoms with Crippen LogP contribution in [0.5, 0.6) is 0 Å². The Morgan fingerprint density at radius 2 is 2.00 bits per heavy atom. The van der Waals surface area contributed by atoms with Crippen LogP contribution in [0.15, 0.2) is 22.9 Å². The predicted octanol–water partition coefficient (Wildman–Crippen LogP) is 1.52. The van der Waals surface area contributed by atoms with Gasteiger partial charge in [-0.05, 0) is 28.4 Å². The van der Waals surface area contributed by atoms with Crippen LogP contribution in [0.2, 0.25) is 0 Å². The number of rotatable bonds is 6. The lowest BCUT2D eigenvalue weighted by molar-refractivity contribution is -0.122. The number of nitrogens with one attached hydrogen (secondary N) is 1. The van der Waals surface area contributed by atoms with E-state index in [-0.39, 0.29) is 11.8 Å². The van der Waals surface area contributed by atoms with Crippen LogP contribution in [0.1, 0.15) is 30.1 Å². The fourth-order valence-corrected chi connectivity index (χ4v) is 2.85. The summed E-state index contributed by atoms with van der Waals surface area (Å²) < 4.78 is 0.797. The summed E-state index contributed by atoms with van der Waals surface area (Å²) in [5.41, 5.74) is 0.588. The second-order valence-electron chi connectivity index (χ2n) is 5.66. The van der Waals surface area contributed by atoms with E-state index in [0.29, 0.717) is 38.3 Å². The molecule has 0 radical (unpaired) electrons. The van der Waals surface area contributed by atoms with Gasteiger partial charge in [-0.2, -0.15) is 0 Å². The van der Waals surface area contributed by atoms with E-state index in [1.54, 1.807) is 18.5 Å². The highest BCUT2D eigenvalue weighted by atomic mass is 79.9. The molecule has 1 N–H and O–H groups in total. The standard InChI is InChI=1S/C16H23BrN4O2/c1-2-3-4-19-15(22)12-20-5-7-21(8-6-20)16(23)13-9-14(17)11-18-10-13/h9-11H,2-8,12H2,1H3,(H,19,22). The molecule has 6 nitrogen and oxygen atoms in total. The zero-order valence-corrected chi connectivity index (χ0v) is 15.0. The maximum absolute atomic E-state index is 12.4. The van der Waals surface area contributed by atoms with Crippen LogP contribution < -0.4 is 5.32 Å². The quantitative estimate of drug-likeness (QED) is 0.757. The molecule has 0 spiro atoms. The van der Waals surface area contributed by atoms with Gasteiger partial charge in [0, 0.05) is 49.6 Å². The summed E-state index contributed by atoms with van der Waals surface area (Å²) in [6.07, 6.45) is 5.33. The van der Waals surface area contributed by atoms with Gasteiger partial charge in [0.1, 0.15) is 0 Å². The molecular weight excluding hydrogens is 360 g/mol. The number of carbonyl (C=O) groups is 2. The van der Waals surface area contributed by atoms with E-state index in [4.69, 9.17) is 0 Å². The Hall–Kier alpha value is -1.47. The zero-order chi connectivity index (χ0) is 16.7. The molecule has 23 heavy (non-hydrogen) atoms. The molecule has 1 saturated heterocycles. The van der Waals surface area contributed by atoms with Gasteiger partial charge in [0.25, 0.3) is 5.91 Å². The molecule has 1 aliphatic heterocycles. The lowest BCUT2D eigenvalue weighted by atomic mass is 10.2. The van der Waals surface area contributed by atoms with Gasteiger partial charge in [0.05, 0.1) is 12.1 Å². The average molecular weight is 383 g/mol. The van der Waals surface area contributed by atoms with Crippen LogP contribution in [-0.2, 0) is 4.79 Å². The Labute approximate surface area is 145 Å². The van der Waals surface area contributed by atoms with Crippen LogP contribution >= 0.6 is 15.9 Å². The van der Waals surface area contributed by atoms with Crippen LogP contribution in [0.4, 0.5) is 0 Å². The number of halogens is 1. The number of nitrogens with zero attached hydrogens (tertiary/aromatic N) is 3. The largest absolute Gasteiger partial charge is 0.355 e. The first kappa shape index (κ1) is 17.9. The maximum atomic E-state index is 12.4. The summed E-state index contributed by atoms with van der Waals surface area (Å²) in [4.78, 5) is 32.2. The summed E-state index contributed by atoms with van der Waals surface area (Å²) in [5.74, 6) is 0.0558. The molecule has 0 unspecified atom stereocenters. The van der Waals surface area contributed by atoms with E-state index in [2.05, 4.69) is 38.1 Å². The highest BCUT2D eigenvalue weighted by molar-refractivity contribution is 9.10. The molecule has 1 aromatic heterocycles. The van der Waals surface area contributed by atoms with Crippen molar-refractivity contribution in [3.8, 4) is 0 Å². The van der Waals surface area contributed by atoms with Crippen LogP contribution in [0.3, 0.4) is 0 Å². The van der Waals surface area contributed by atoms with Crippen molar-refractivity contribution in [3.05, 3.63) is 28.5 Å². The Balaban J connectivity index is 1.77. The molecule has 1 aromatic rings. The Kier molecular flexibility index (Phi) is 6.98. The first-order valence-corrected chi connectivity index (χ1v) is 8.78. The monoisotopic (exact) mass is 382 g/mol.